The molecular formula is C20H20N4O2. The zero-order valence-electron chi connectivity index (χ0n) is 14.5. The minimum atomic E-state index is -0.581. The molecule has 132 valence electrons. The summed E-state index contributed by atoms with van der Waals surface area (Å²) in [6.07, 6.45) is 4.22. The number of hydrogen-bond acceptors (Lipinski definition) is 4. The highest BCUT2D eigenvalue weighted by Crippen LogP contribution is 2.47. The van der Waals surface area contributed by atoms with Crippen LogP contribution in [0.2, 0.25) is 0 Å². The topological polar surface area (TPSA) is 74.3 Å². The van der Waals surface area contributed by atoms with E-state index in [1.165, 1.54) is 0 Å². The summed E-state index contributed by atoms with van der Waals surface area (Å²) in [5.41, 5.74) is 2.41. The van der Waals surface area contributed by atoms with E-state index in [4.69, 9.17) is 0 Å². The molecule has 2 saturated heterocycles. The third-order valence-electron chi connectivity index (χ3n) is 5.89. The molecule has 2 N–H and O–H groups in total. The van der Waals surface area contributed by atoms with Gasteiger partial charge in [0.05, 0.1) is 17.2 Å². The van der Waals surface area contributed by atoms with Crippen molar-refractivity contribution in [1.82, 2.24) is 15.2 Å². The van der Waals surface area contributed by atoms with Crippen LogP contribution in [-0.2, 0) is 0 Å². The molecule has 4 heterocycles. The van der Waals surface area contributed by atoms with Gasteiger partial charge < -0.3 is 15.5 Å². The summed E-state index contributed by atoms with van der Waals surface area (Å²) in [5.74, 6) is -0.0758. The Morgan fingerprint density at radius 2 is 2.04 bits per heavy atom. The van der Waals surface area contributed by atoms with Crippen molar-refractivity contribution in [2.45, 2.75) is 43.9 Å². The number of fused-ring (bicyclic) bond motifs is 4. The highest BCUT2D eigenvalue weighted by atomic mass is 16.2. The third kappa shape index (κ3) is 2.08. The van der Waals surface area contributed by atoms with E-state index in [0.29, 0.717) is 11.1 Å². The Bertz CT molecular complexity index is 910. The van der Waals surface area contributed by atoms with Gasteiger partial charge in [-0.3, -0.25) is 14.6 Å². The summed E-state index contributed by atoms with van der Waals surface area (Å²) in [5, 5.41) is 6.70. The molecule has 3 aliphatic heterocycles. The lowest BCUT2D eigenvalue weighted by atomic mass is 9.86. The van der Waals surface area contributed by atoms with Crippen LogP contribution in [0.3, 0.4) is 0 Å². The zero-order valence-corrected chi connectivity index (χ0v) is 14.5. The fourth-order valence-corrected chi connectivity index (χ4v) is 4.73. The number of carbonyl (C=O) groups is 2. The molecule has 5 rings (SSSR count). The van der Waals surface area contributed by atoms with E-state index >= 15 is 0 Å². The van der Waals surface area contributed by atoms with Crippen LogP contribution in [0.4, 0.5) is 5.69 Å². The first-order chi connectivity index (χ1) is 12.6. The number of hydrogen-bond donors (Lipinski definition) is 2. The maximum absolute atomic E-state index is 13.1. The summed E-state index contributed by atoms with van der Waals surface area (Å²) >= 11 is 0. The van der Waals surface area contributed by atoms with E-state index < -0.39 is 5.66 Å². The average Bonchev–Trinajstić information content (AvgIpc) is 3.17. The van der Waals surface area contributed by atoms with Crippen LogP contribution in [0.15, 0.2) is 42.6 Å². The van der Waals surface area contributed by atoms with E-state index in [0.717, 1.165) is 30.6 Å². The third-order valence-corrected chi connectivity index (χ3v) is 5.89. The lowest BCUT2D eigenvalue weighted by Gasteiger charge is -2.43. The van der Waals surface area contributed by atoms with Gasteiger partial charge in [0.25, 0.3) is 11.8 Å². The molecular weight excluding hydrogens is 328 g/mol. The monoisotopic (exact) mass is 348 g/mol. The first-order valence-corrected chi connectivity index (χ1v) is 9.02. The molecule has 1 spiro atoms. The number of nitrogens with zero attached hydrogens (tertiary/aromatic N) is 2. The second-order valence-corrected chi connectivity index (χ2v) is 7.45. The van der Waals surface area contributed by atoms with Crippen molar-refractivity contribution in [3.8, 4) is 0 Å². The number of carbonyl (C=O) groups excluding carboxylic acids is 2. The summed E-state index contributed by atoms with van der Waals surface area (Å²) in [4.78, 5) is 32.0. The Morgan fingerprint density at radius 3 is 2.85 bits per heavy atom. The van der Waals surface area contributed by atoms with Crippen LogP contribution < -0.4 is 10.6 Å². The summed E-state index contributed by atoms with van der Waals surface area (Å²) < 4.78 is 0. The maximum Gasteiger partial charge on any atom is 0.256 e. The van der Waals surface area contributed by atoms with Gasteiger partial charge in [-0.1, -0.05) is 12.1 Å². The Labute approximate surface area is 151 Å². The Hall–Kier alpha value is -2.89. The van der Waals surface area contributed by atoms with Crippen LogP contribution in [0.5, 0.6) is 0 Å². The summed E-state index contributed by atoms with van der Waals surface area (Å²) in [6, 6.07) is 11.3. The summed E-state index contributed by atoms with van der Waals surface area (Å²) in [6.45, 7) is 1.90. The van der Waals surface area contributed by atoms with Crippen LogP contribution in [0.25, 0.3) is 0 Å². The molecule has 0 unspecified atom stereocenters. The van der Waals surface area contributed by atoms with Crippen molar-refractivity contribution in [1.29, 1.82) is 0 Å². The highest BCUT2D eigenvalue weighted by molar-refractivity contribution is 6.02. The largest absolute Gasteiger partial charge is 0.360 e. The number of rotatable bonds is 1. The molecule has 2 aromatic rings. The Balaban J connectivity index is 1.49. The number of pyridine rings is 1. The second-order valence-electron chi connectivity index (χ2n) is 7.45. The van der Waals surface area contributed by atoms with Gasteiger partial charge in [0.15, 0.2) is 0 Å². The molecule has 6 heteroatoms. The molecule has 2 bridgehead atoms. The molecule has 0 radical (unpaired) electrons. The normalized spacial score (nSPS) is 28.7. The minimum Gasteiger partial charge on any atom is -0.360 e. The lowest BCUT2D eigenvalue weighted by Crippen LogP contribution is -2.64. The molecule has 0 aliphatic carbocycles. The molecule has 2 fully saturated rings. The summed E-state index contributed by atoms with van der Waals surface area (Å²) in [7, 11) is 0. The van der Waals surface area contributed by atoms with Gasteiger partial charge in [0.2, 0.25) is 0 Å². The highest BCUT2D eigenvalue weighted by Gasteiger charge is 2.59. The van der Waals surface area contributed by atoms with E-state index in [1.54, 1.807) is 6.20 Å². The standard InChI is InChI=1S/C20H20N4O2/c1-12-6-7-13(11-21-12)19(26)24-14-8-9-17(24)20(10-14)22-16-5-3-2-4-15(16)18(25)23-20/h2-7,11,14,17,22H,8-10H2,1H3,(H,23,25)/t14-,17+,20+/m1/s1. The Kier molecular flexibility index (Phi) is 3.13. The van der Waals surface area contributed by atoms with Crippen LogP contribution >= 0.6 is 0 Å². The van der Waals surface area contributed by atoms with Crippen molar-refractivity contribution in [2.24, 2.45) is 0 Å². The van der Waals surface area contributed by atoms with Crippen LogP contribution in [0, 0.1) is 6.92 Å². The molecule has 26 heavy (non-hydrogen) atoms. The van der Waals surface area contributed by atoms with Gasteiger partial charge >= 0.3 is 0 Å². The van der Waals surface area contributed by atoms with Gasteiger partial charge in [-0.05, 0) is 44.0 Å². The number of nitrogens with one attached hydrogen (secondary N) is 2. The van der Waals surface area contributed by atoms with Gasteiger partial charge in [-0.2, -0.15) is 0 Å². The first kappa shape index (κ1) is 15.4. The van der Waals surface area contributed by atoms with Gasteiger partial charge in [-0.15, -0.1) is 0 Å². The van der Waals surface area contributed by atoms with Crippen molar-refractivity contribution in [3.63, 3.8) is 0 Å². The molecule has 3 atom stereocenters. The minimum absolute atomic E-state index is 0.00298. The second kappa shape index (κ2) is 5.30. The SMILES string of the molecule is Cc1ccc(C(=O)N2[C@@H]3CC[C@H]2[C@]2(C3)NC(=O)c3ccccc3N2)cn1. The maximum atomic E-state index is 13.1. The van der Waals surface area contributed by atoms with E-state index in [9.17, 15) is 9.59 Å². The smallest absolute Gasteiger partial charge is 0.256 e. The van der Waals surface area contributed by atoms with Crippen molar-refractivity contribution < 1.29 is 9.59 Å². The molecule has 6 nitrogen and oxygen atoms in total. The zero-order chi connectivity index (χ0) is 17.9. The Morgan fingerprint density at radius 1 is 1.19 bits per heavy atom. The number of para-hydroxylation sites is 1. The fraction of sp³-hybridized carbons (Fsp3) is 0.350. The predicted molar refractivity (Wildman–Crippen MR) is 96.8 cm³/mol. The number of aromatic nitrogens is 1. The van der Waals surface area contributed by atoms with Crippen LogP contribution in [0.1, 0.15) is 45.7 Å². The van der Waals surface area contributed by atoms with Crippen molar-refractivity contribution in [2.75, 3.05) is 5.32 Å². The van der Waals surface area contributed by atoms with Crippen molar-refractivity contribution in [3.05, 3.63) is 59.4 Å². The van der Waals surface area contributed by atoms with E-state index in [1.807, 2.05) is 48.2 Å². The molecule has 1 aromatic carbocycles. The molecule has 1 aromatic heterocycles. The fourth-order valence-electron chi connectivity index (χ4n) is 4.73. The lowest BCUT2D eigenvalue weighted by molar-refractivity contribution is 0.0691. The number of benzene rings is 1. The van der Waals surface area contributed by atoms with E-state index in [-0.39, 0.29) is 23.9 Å². The quantitative estimate of drug-likeness (QED) is 0.829. The molecule has 3 aliphatic rings. The molecule has 0 saturated carbocycles. The number of anilines is 1. The van der Waals surface area contributed by atoms with Crippen LogP contribution in [-0.4, -0.2) is 39.4 Å². The van der Waals surface area contributed by atoms with E-state index in [2.05, 4.69) is 15.6 Å². The number of aryl methyl sites for hydroxylation is 1. The van der Waals surface area contributed by atoms with Gasteiger partial charge in [0, 0.05) is 30.0 Å². The average molecular weight is 348 g/mol. The molecule has 2 amide bonds. The van der Waals surface area contributed by atoms with Gasteiger partial charge in [-0.25, -0.2) is 0 Å². The number of amides is 2. The predicted octanol–water partition coefficient (Wildman–Crippen LogP) is 2.32. The van der Waals surface area contributed by atoms with Crippen molar-refractivity contribution >= 4 is 17.5 Å². The first-order valence-electron chi connectivity index (χ1n) is 9.02. The van der Waals surface area contributed by atoms with Gasteiger partial charge in [0.1, 0.15) is 5.66 Å².